The van der Waals surface area contributed by atoms with E-state index in [-0.39, 0.29) is 24.5 Å². The first-order valence-corrected chi connectivity index (χ1v) is 11.1. The van der Waals surface area contributed by atoms with E-state index in [9.17, 15) is 9.59 Å². The molecule has 2 amide bonds. The summed E-state index contributed by atoms with van der Waals surface area (Å²) in [6.07, 6.45) is 1.52. The highest BCUT2D eigenvalue weighted by Crippen LogP contribution is 2.23. The molecule has 0 saturated heterocycles. The summed E-state index contributed by atoms with van der Waals surface area (Å²) in [6.45, 7) is 12.2. The number of benzene rings is 2. The van der Waals surface area contributed by atoms with Gasteiger partial charge in [0.05, 0.1) is 0 Å². The predicted molar refractivity (Wildman–Crippen MR) is 125 cm³/mol. The van der Waals surface area contributed by atoms with Crippen LogP contribution in [-0.4, -0.2) is 41.9 Å². The lowest BCUT2D eigenvalue weighted by Gasteiger charge is -2.29. The molecule has 2 aromatic rings. The van der Waals surface area contributed by atoms with Gasteiger partial charge >= 0.3 is 0 Å². The molecule has 0 fully saturated rings. The average molecular weight is 425 g/mol. The lowest BCUT2D eigenvalue weighted by Crippen LogP contribution is -2.51. The van der Waals surface area contributed by atoms with Gasteiger partial charge in [-0.2, -0.15) is 0 Å². The minimum atomic E-state index is -0.575. The summed E-state index contributed by atoms with van der Waals surface area (Å²) in [4.78, 5) is 27.5. The Kier molecular flexibility index (Phi) is 9.10. The zero-order valence-electron chi connectivity index (χ0n) is 19.7. The highest BCUT2D eigenvalue weighted by Gasteiger charge is 2.27. The molecule has 2 aromatic carbocycles. The van der Waals surface area contributed by atoms with Gasteiger partial charge in [-0.05, 0) is 75.8 Å². The number of hydrogen-bond acceptors (Lipinski definition) is 3. The zero-order chi connectivity index (χ0) is 23.0. The van der Waals surface area contributed by atoms with E-state index < -0.39 is 6.04 Å². The number of carbonyl (C=O) groups is 2. The van der Waals surface area contributed by atoms with Crippen LogP contribution >= 0.6 is 0 Å². The van der Waals surface area contributed by atoms with E-state index in [1.165, 1.54) is 0 Å². The van der Waals surface area contributed by atoms with Gasteiger partial charge in [0.15, 0.2) is 6.61 Å². The fraction of sp³-hybridized carbons (Fsp3) is 0.462. The van der Waals surface area contributed by atoms with Gasteiger partial charge in [0.2, 0.25) is 5.91 Å². The molecule has 0 spiro atoms. The number of aryl methyl sites for hydroxylation is 2. The smallest absolute Gasteiger partial charge is 0.261 e. The molecule has 5 nitrogen and oxygen atoms in total. The fourth-order valence-corrected chi connectivity index (χ4v) is 3.41. The van der Waals surface area contributed by atoms with Gasteiger partial charge in [-0.1, -0.05) is 43.3 Å². The number of carbonyl (C=O) groups excluding carboxylic acids is 2. The van der Waals surface area contributed by atoms with E-state index in [4.69, 9.17) is 4.74 Å². The molecule has 31 heavy (non-hydrogen) atoms. The summed E-state index contributed by atoms with van der Waals surface area (Å²) in [5.41, 5.74) is 4.37. The SMILES string of the molecule is CC[C@H](C)NC(=O)[C@H](C)N(CCc1ccccc1)C(=O)COc1cc(C)cc(C)c1C. The van der Waals surface area contributed by atoms with Crippen molar-refractivity contribution in [3.63, 3.8) is 0 Å². The Morgan fingerprint density at radius 3 is 2.39 bits per heavy atom. The highest BCUT2D eigenvalue weighted by atomic mass is 16.5. The van der Waals surface area contributed by atoms with Gasteiger partial charge in [-0.25, -0.2) is 0 Å². The number of ether oxygens (including phenoxy) is 1. The molecule has 0 heterocycles. The van der Waals surface area contributed by atoms with Crippen molar-refractivity contribution >= 4 is 11.8 Å². The lowest BCUT2D eigenvalue weighted by atomic mass is 10.1. The predicted octanol–water partition coefficient (Wildman–Crippen LogP) is 4.37. The minimum Gasteiger partial charge on any atom is -0.483 e. The van der Waals surface area contributed by atoms with Gasteiger partial charge in [0, 0.05) is 12.6 Å². The van der Waals surface area contributed by atoms with Gasteiger partial charge in [-0.3, -0.25) is 9.59 Å². The maximum atomic E-state index is 13.1. The first-order chi connectivity index (χ1) is 14.7. The number of amides is 2. The average Bonchev–Trinajstić information content (AvgIpc) is 2.75. The molecule has 0 saturated carbocycles. The monoisotopic (exact) mass is 424 g/mol. The Labute approximate surface area is 186 Å². The summed E-state index contributed by atoms with van der Waals surface area (Å²) >= 11 is 0. The van der Waals surface area contributed by atoms with Crippen LogP contribution in [0.1, 0.15) is 49.4 Å². The van der Waals surface area contributed by atoms with E-state index in [1.54, 1.807) is 11.8 Å². The van der Waals surface area contributed by atoms with Crippen molar-refractivity contribution in [2.24, 2.45) is 0 Å². The highest BCUT2D eigenvalue weighted by molar-refractivity contribution is 5.88. The third kappa shape index (κ3) is 7.12. The third-order valence-electron chi connectivity index (χ3n) is 5.77. The molecule has 0 aromatic heterocycles. The van der Waals surface area contributed by atoms with E-state index in [1.807, 2.05) is 71.0 Å². The van der Waals surface area contributed by atoms with Crippen molar-refractivity contribution in [1.82, 2.24) is 10.2 Å². The third-order valence-corrected chi connectivity index (χ3v) is 5.77. The molecule has 0 bridgehead atoms. The summed E-state index contributed by atoms with van der Waals surface area (Å²) in [5, 5.41) is 2.99. The Morgan fingerprint density at radius 1 is 1.06 bits per heavy atom. The maximum absolute atomic E-state index is 13.1. The molecule has 0 aliphatic heterocycles. The lowest BCUT2D eigenvalue weighted by molar-refractivity contribution is -0.141. The number of rotatable bonds is 10. The van der Waals surface area contributed by atoms with Crippen LogP contribution in [-0.2, 0) is 16.0 Å². The van der Waals surface area contributed by atoms with Crippen LogP contribution in [0.25, 0.3) is 0 Å². The van der Waals surface area contributed by atoms with Crippen LogP contribution in [0.3, 0.4) is 0 Å². The Hall–Kier alpha value is -2.82. The quantitative estimate of drug-likeness (QED) is 0.616. The van der Waals surface area contributed by atoms with Crippen molar-refractivity contribution in [2.75, 3.05) is 13.2 Å². The summed E-state index contributed by atoms with van der Waals surface area (Å²) in [6, 6.07) is 13.5. The van der Waals surface area contributed by atoms with E-state index in [2.05, 4.69) is 11.4 Å². The first-order valence-electron chi connectivity index (χ1n) is 11.1. The van der Waals surface area contributed by atoms with Gasteiger partial charge in [-0.15, -0.1) is 0 Å². The number of nitrogens with zero attached hydrogens (tertiary/aromatic N) is 1. The second kappa shape index (κ2) is 11.5. The van der Waals surface area contributed by atoms with Crippen LogP contribution in [0.4, 0.5) is 0 Å². The molecule has 0 aliphatic rings. The van der Waals surface area contributed by atoms with Gasteiger partial charge in [0.25, 0.3) is 5.91 Å². The Balaban J connectivity index is 2.13. The Morgan fingerprint density at radius 2 is 1.74 bits per heavy atom. The van der Waals surface area contributed by atoms with Crippen molar-refractivity contribution in [3.8, 4) is 5.75 Å². The maximum Gasteiger partial charge on any atom is 0.261 e. The summed E-state index contributed by atoms with van der Waals surface area (Å²) in [7, 11) is 0. The van der Waals surface area contributed by atoms with Crippen LogP contribution in [0.5, 0.6) is 5.75 Å². The summed E-state index contributed by atoms with van der Waals surface area (Å²) < 4.78 is 5.90. The van der Waals surface area contributed by atoms with E-state index in [0.29, 0.717) is 18.7 Å². The van der Waals surface area contributed by atoms with E-state index >= 15 is 0 Å². The largest absolute Gasteiger partial charge is 0.483 e. The number of hydrogen-bond donors (Lipinski definition) is 1. The molecule has 2 atom stereocenters. The van der Waals surface area contributed by atoms with Crippen molar-refractivity contribution < 1.29 is 14.3 Å². The molecule has 168 valence electrons. The Bertz CT molecular complexity index is 880. The molecular weight excluding hydrogens is 388 g/mol. The van der Waals surface area contributed by atoms with Crippen molar-refractivity contribution in [1.29, 1.82) is 0 Å². The molecule has 2 rings (SSSR count). The molecular formula is C26H36N2O3. The number of nitrogens with one attached hydrogen (secondary N) is 1. The molecule has 0 unspecified atom stereocenters. The van der Waals surface area contributed by atoms with Crippen LogP contribution in [0.15, 0.2) is 42.5 Å². The fourth-order valence-electron chi connectivity index (χ4n) is 3.41. The van der Waals surface area contributed by atoms with Gasteiger partial charge in [0.1, 0.15) is 11.8 Å². The normalized spacial score (nSPS) is 12.7. The first kappa shape index (κ1) is 24.4. The van der Waals surface area contributed by atoms with E-state index in [0.717, 1.165) is 28.7 Å². The van der Waals surface area contributed by atoms with Gasteiger partial charge < -0.3 is 15.0 Å². The van der Waals surface area contributed by atoms with Crippen LogP contribution in [0.2, 0.25) is 0 Å². The second-order valence-electron chi connectivity index (χ2n) is 8.31. The zero-order valence-corrected chi connectivity index (χ0v) is 19.7. The van der Waals surface area contributed by atoms with Crippen molar-refractivity contribution in [2.45, 2.75) is 66.5 Å². The van der Waals surface area contributed by atoms with Crippen LogP contribution < -0.4 is 10.1 Å². The second-order valence-corrected chi connectivity index (χ2v) is 8.31. The van der Waals surface area contributed by atoms with Crippen LogP contribution in [0, 0.1) is 20.8 Å². The topological polar surface area (TPSA) is 58.6 Å². The minimum absolute atomic E-state index is 0.0650. The molecule has 0 radical (unpaired) electrons. The standard InChI is InChI=1S/C26H36N2O3/c1-7-20(4)27-26(30)22(6)28(14-13-23-11-9-8-10-12-23)25(29)17-31-24-16-18(2)15-19(3)21(24)5/h8-12,15-16,20,22H,7,13-14,17H2,1-6H3,(H,27,30)/t20-,22-/m0/s1. The summed E-state index contributed by atoms with van der Waals surface area (Å²) in [5.74, 6) is 0.380. The van der Waals surface area contributed by atoms with Crippen molar-refractivity contribution in [3.05, 3.63) is 64.7 Å². The molecule has 5 heteroatoms. The molecule has 1 N–H and O–H groups in total. The molecule has 0 aliphatic carbocycles.